The zero-order valence-corrected chi connectivity index (χ0v) is 18.4. The molecule has 0 aromatic heterocycles. The fourth-order valence-electron chi connectivity index (χ4n) is 4.20. The molecule has 0 bridgehead atoms. The van der Waals surface area contributed by atoms with Crippen molar-refractivity contribution in [1.29, 1.82) is 0 Å². The van der Waals surface area contributed by atoms with Gasteiger partial charge in [-0.05, 0) is 25.3 Å². The molecule has 1 atom stereocenters. The minimum absolute atomic E-state index is 0.00458. The molecule has 3 heteroatoms. The van der Waals surface area contributed by atoms with Crippen molar-refractivity contribution in [3.63, 3.8) is 0 Å². The molecule has 2 N–H and O–H groups in total. The van der Waals surface area contributed by atoms with Gasteiger partial charge in [-0.15, -0.1) is 0 Å². The molecule has 0 fully saturated rings. The molecule has 0 saturated carbocycles. The molecule has 0 aliphatic carbocycles. The van der Waals surface area contributed by atoms with Crippen molar-refractivity contribution in [2.24, 2.45) is 0 Å². The normalized spacial score (nSPS) is 16.5. The third-order valence-electron chi connectivity index (χ3n) is 6.13. The van der Waals surface area contributed by atoms with Crippen LogP contribution in [-0.4, -0.2) is 41.3 Å². The summed E-state index contributed by atoms with van der Waals surface area (Å²) in [6.45, 7) is 6.82. The number of aliphatic hydroxyl groups is 1. The molecule has 1 unspecified atom stereocenters. The van der Waals surface area contributed by atoms with Crippen LogP contribution < -0.4 is 5.32 Å². The maximum absolute atomic E-state index is 9.51. The molecule has 0 aromatic rings. The smallest absolute Gasteiger partial charge is 0.232 e. The van der Waals surface area contributed by atoms with Crippen LogP contribution in [0.3, 0.4) is 0 Å². The Bertz CT molecular complexity index is 405. The van der Waals surface area contributed by atoms with Crippen molar-refractivity contribution in [3.8, 4) is 0 Å². The average molecular weight is 380 g/mol. The molecule has 0 spiro atoms. The Kier molecular flexibility index (Phi) is 14.5. The van der Waals surface area contributed by atoms with Crippen LogP contribution in [0.1, 0.15) is 110 Å². The fraction of sp³-hybridized carbons (Fsp3) is 0.875. The number of hydrogen-bond donors (Lipinski definition) is 2. The zero-order valence-electron chi connectivity index (χ0n) is 18.4. The largest absolute Gasteiger partial charge is 0.396 e. The first-order valence-electron chi connectivity index (χ1n) is 11.9. The van der Waals surface area contributed by atoms with Gasteiger partial charge in [0.1, 0.15) is 18.6 Å². The molecule has 27 heavy (non-hydrogen) atoms. The number of nitrogens with one attached hydrogen (secondary N) is 1. The van der Waals surface area contributed by atoms with E-state index in [0.717, 1.165) is 25.9 Å². The van der Waals surface area contributed by atoms with Gasteiger partial charge < -0.3 is 5.11 Å². The standard InChI is InChI=1S/C24H46N2O/c1-3-5-6-7-8-9-10-11-12-13-14-15-16-17-18-24(4-2,19-22-27)26-21-20-25-23-26/h17-18,23,27H,3-16,19-22H2,1-2H3/p+1. The Labute approximate surface area is 169 Å². The van der Waals surface area contributed by atoms with E-state index in [1.807, 2.05) is 0 Å². The van der Waals surface area contributed by atoms with E-state index >= 15 is 0 Å². The van der Waals surface area contributed by atoms with Crippen LogP contribution >= 0.6 is 0 Å². The topological polar surface area (TPSA) is 35.3 Å². The van der Waals surface area contributed by atoms with Gasteiger partial charge in [-0.25, -0.2) is 0 Å². The molecular weight excluding hydrogens is 332 g/mol. The zero-order chi connectivity index (χ0) is 19.6. The van der Waals surface area contributed by atoms with Gasteiger partial charge in [0.15, 0.2) is 0 Å². The second-order valence-electron chi connectivity index (χ2n) is 8.29. The quantitative estimate of drug-likeness (QED) is 0.179. The monoisotopic (exact) mass is 379 g/mol. The Balaban J connectivity index is 2.07. The summed E-state index contributed by atoms with van der Waals surface area (Å²) in [5, 5.41) is 12.8. The summed E-state index contributed by atoms with van der Waals surface area (Å²) in [6, 6.07) is 0. The molecular formula is C24H47N2O+. The van der Waals surface area contributed by atoms with Gasteiger partial charge >= 0.3 is 0 Å². The summed E-state index contributed by atoms with van der Waals surface area (Å²) >= 11 is 0. The average Bonchev–Trinajstić information content (AvgIpc) is 3.23. The van der Waals surface area contributed by atoms with Gasteiger partial charge in [0, 0.05) is 13.0 Å². The van der Waals surface area contributed by atoms with E-state index in [4.69, 9.17) is 0 Å². The molecule has 1 rings (SSSR count). The number of aliphatic hydroxyl groups excluding tert-OH is 1. The minimum atomic E-state index is -0.00458. The lowest BCUT2D eigenvalue weighted by atomic mass is 9.90. The van der Waals surface area contributed by atoms with Gasteiger partial charge in [-0.2, -0.15) is 0 Å². The lowest BCUT2D eigenvalue weighted by Gasteiger charge is -2.28. The van der Waals surface area contributed by atoms with Crippen molar-refractivity contribution in [2.45, 2.75) is 116 Å². The lowest BCUT2D eigenvalue weighted by Crippen LogP contribution is -2.40. The Morgan fingerprint density at radius 3 is 2.00 bits per heavy atom. The van der Waals surface area contributed by atoms with E-state index in [-0.39, 0.29) is 12.1 Å². The van der Waals surface area contributed by atoms with Crippen molar-refractivity contribution in [1.82, 2.24) is 5.32 Å². The summed E-state index contributed by atoms with van der Waals surface area (Å²) in [4.78, 5) is 0. The molecule has 3 nitrogen and oxygen atoms in total. The number of rotatable bonds is 18. The van der Waals surface area contributed by atoms with E-state index in [1.165, 1.54) is 83.5 Å². The summed E-state index contributed by atoms with van der Waals surface area (Å²) in [7, 11) is 0. The summed E-state index contributed by atoms with van der Waals surface area (Å²) in [5.41, 5.74) is -0.00458. The van der Waals surface area contributed by atoms with Crippen molar-refractivity contribution in [3.05, 3.63) is 12.2 Å². The van der Waals surface area contributed by atoms with Crippen LogP contribution in [0.25, 0.3) is 0 Å². The second-order valence-corrected chi connectivity index (χ2v) is 8.29. The maximum atomic E-state index is 9.51. The number of unbranched alkanes of at least 4 members (excludes halogenated alkanes) is 12. The van der Waals surface area contributed by atoms with Crippen LogP contribution in [0.15, 0.2) is 12.2 Å². The number of hydrogen-bond acceptors (Lipinski definition) is 2. The molecule has 158 valence electrons. The van der Waals surface area contributed by atoms with Crippen molar-refractivity contribution < 1.29 is 9.68 Å². The SMILES string of the molecule is CCCCCCCCCCCCCCC=CC(CC)(CCO)[N+]1=CNCC1. The predicted octanol–water partition coefficient (Wildman–Crippen LogP) is 5.81. The Hall–Kier alpha value is -0.830. The molecule has 0 radical (unpaired) electrons. The van der Waals surface area contributed by atoms with Crippen LogP contribution in [0, 0.1) is 0 Å². The van der Waals surface area contributed by atoms with Crippen LogP contribution in [-0.2, 0) is 0 Å². The molecule has 0 aromatic carbocycles. The van der Waals surface area contributed by atoms with E-state index in [2.05, 4.69) is 42.2 Å². The van der Waals surface area contributed by atoms with E-state index < -0.39 is 0 Å². The van der Waals surface area contributed by atoms with Gasteiger partial charge in [0.2, 0.25) is 6.34 Å². The van der Waals surface area contributed by atoms with E-state index in [0.29, 0.717) is 0 Å². The van der Waals surface area contributed by atoms with Crippen LogP contribution in [0.4, 0.5) is 0 Å². The van der Waals surface area contributed by atoms with Crippen molar-refractivity contribution >= 4 is 6.34 Å². The summed E-state index contributed by atoms with van der Waals surface area (Å²) in [6.07, 6.45) is 26.7. The highest BCUT2D eigenvalue weighted by atomic mass is 16.3. The molecule has 1 aliphatic rings. The second kappa shape index (κ2) is 16.2. The highest BCUT2D eigenvalue weighted by molar-refractivity contribution is 5.50. The summed E-state index contributed by atoms with van der Waals surface area (Å²) in [5.74, 6) is 0. The van der Waals surface area contributed by atoms with Crippen LogP contribution in [0.2, 0.25) is 0 Å². The fourth-order valence-corrected chi connectivity index (χ4v) is 4.20. The van der Waals surface area contributed by atoms with Gasteiger partial charge in [0.25, 0.3) is 0 Å². The highest BCUT2D eigenvalue weighted by Crippen LogP contribution is 2.23. The molecule has 0 saturated heterocycles. The van der Waals surface area contributed by atoms with Gasteiger partial charge in [-0.1, -0.05) is 90.6 Å². The Morgan fingerprint density at radius 2 is 1.52 bits per heavy atom. The Morgan fingerprint density at radius 1 is 0.926 bits per heavy atom. The first-order valence-corrected chi connectivity index (χ1v) is 11.9. The van der Waals surface area contributed by atoms with Gasteiger partial charge in [-0.3, -0.25) is 9.89 Å². The summed E-state index contributed by atoms with van der Waals surface area (Å²) < 4.78 is 2.38. The molecule has 0 amide bonds. The first-order chi connectivity index (χ1) is 13.3. The predicted molar refractivity (Wildman–Crippen MR) is 119 cm³/mol. The van der Waals surface area contributed by atoms with E-state index in [1.54, 1.807) is 0 Å². The number of allylic oxidation sites excluding steroid dienone is 1. The van der Waals surface area contributed by atoms with Crippen LogP contribution in [0.5, 0.6) is 0 Å². The molecule has 1 heterocycles. The third-order valence-corrected chi connectivity index (χ3v) is 6.13. The van der Waals surface area contributed by atoms with Crippen molar-refractivity contribution in [2.75, 3.05) is 19.7 Å². The molecule has 1 aliphatic heterocycles. The minimum Gasteiger partial charge on any atom is -0.396 e. The first kappa shape index (κ1) is 24.2. The highest BCUT2D eigenvalue weighted by Gasteiger charge is 2.34. The van der Waals surface area contributed by atoms with Gasteiger partial charge in [0.05, 0.1) is 0 Å². The number of nitrogens with zero attached hydrogens (tertiary/aromatic N) is 1. The maximum Gasteiger partial charge on any atom is 0.232 e. The third kappa shape index (κ3) is 10.3. The lowest BCUT2D eigenvalue weighted by molar-refractivity contribution is -0.586. The van der Waals surface area contributed by atoms with E-state index in [9.17, 15) is 5.11 Å².